The van der Waals surface area contributed by atoms with E-state index >= 15 is 0 Å². The molecule has 92 valence electrons. The summed E-state index contributed by atoms with van der Waals surface area (Å²) in [5, 5.41) is 3.79. The minimum Gasteiger partial charge on any atom is -0.444 e. The molecule has 1 rings (SSSR count). The standard InChI is InChI=1S/C11H20N2O2S/c1-8(9-12-6-5-7-16-9)13-10(14)15-11(2,3)4/h8H,5-7H2,1-4H3,(H,13,14)/t8-/m0/s1. The van der Waals surface area contributed by atoms with E-state index < -0.39 is 5.60 Å². The lowest BCUT2D eigenvalue weighted by Crippen LogP contribution is -2.41. The molecule has 1 amide bonds. The fourth-order valence-corrected chi connectivity index (χ4v) is 2.26. The van der Waals surface area contributed by atoms with Crippen LogP contribution in [0, 0.1) is 0 Å². The fourth-order valence-electron chi connectivity index (χ4n) is 1.28. The largest absolute Gasteiger partial charge is 0.444 e. The van der Waals surface area contributed by atoms with E-state index in [1.54, 1.807) is 11.8 Å². The summed E-state index contributed by atoms with van der Waals surface area (Å²) in [6, 6.07) is -0.0554. The van der Waals surface area contributed by atoms with Crippen molar-refractivity contribution in [1.82, 2.24) is 5.32 Å². The van der Waals surface area contributed by atoms with Crippen LogP contribution in [0.1, 0.15) is 34.1 Å². The Morgan fingerprint density at radius 3 is 2.75 bits per heavy atom. The molecule has 0 aromatic carbocycles. The molecule has 0 fully saturated rings. The lowest BCUT2D eigenvalue weighted by Gasteiger charge is -2.23. The van der Waals surface area contributed by atoms with Gasteiger partial charge in [-0.15, -0.1) is 11.8 Å². The molecule has 1 aliphatic heterocycles. The van der Waals surface area contributed by atoms with Crippen molar-refractivity contribution in [2.45, 2.75) is 45.8 Å². The summed E-state index contributed by atoms with van der Waals surface area (Å²) in [4.78, 5) is 15.9. The van der Waals surface area contributed by atoms with Crippen molar-refractivity contribution >= 4 is 22.9 Å². The number of hydrogen-bond acceptors (Lipinski definition) is 4. The minimum atomic E-state index is -0.453. The second-order valence-corrected chi connectivity index (χ2v) is 5.91. The lowest BCUT2D eigenvalue weighted by molar-refractivity contribution is 0.0522. The number of nitrogens with zero attached hydrogens (tertiary/aromatic N) is 1. The van der Waals surface area contributed by atoms with Gasteiger partial charge in [0.2, 0.25) is 0 Å². The number of hydrogen-bond donors (Lipinski definition) is 1. The van der Waals surface area contributed by atoms with E-state index in [0.29, 0.717) is 0 Å². The molecule has 5 heteroatoms. The molecule has 4 nitrogen and oxygen atoms in total. The van der Waals surface area contributed by atoms with Crippen molar-refractivity contribution in [2.24, 2.45) is 4.99 Å². The number of nitrogens with one attached hydrogen (secondary N) is 1. The highest BCUT2D eigenvalue weighted by atomic mass is 32.2. The van der Waals surface area contributed by atoms with Gasteiger partial charge in [0.1, 0.15) is 5.60 Å². The van der Waals surface area contributed by atoms with Crippen LogP contribution in [-0.2, 0) is 4.74 Å². The van der Waals surface area contributed by atoms with Gasteiger partial charge in [0.05, 0.1) is 11.1 Å². The van der Waals surface area contributed by atoms with Crippen molar-refractivity contribution < 1.29 is 9.53 Å². The van der Waals surface area contributed by atoms with Gasteiger partial charge in [-0.3, -0.25) is 4.99 Å². The predicted molar refractivity (Wildman–Crippen MR) is 68.2 cm³/mol. The molecule has 1 N–H and O–H groups in total. The first-order valence-electron chi connectivity index (χ1n) is 5.55. The maximum absolute atomic E-state index is 11.5. The quantitative estimate of drug-likeness (QED) is 0.811. The summed E-state index contributed by atoms with van der Waals surface area (Å²) >= 11 is 1.71. The van der Waals surface area contributed by atoms with E-state index in [1.807, 2.05) is 27.7 Å². The van der Waals surface area contributed by atoms with Crippen LogP contribution in [0.15, 0.2) is 4.99 Å². The Bertz CT molecular complexity index is 284. The van der Waals surface area contributed by atoms with Gasteiger partial charge in [-0.2, -0.15) is 0 Å². The van der Waals surface area contributed by atoms with Crippen LogP contribution in [0.25, 0.3) is 0 Å². The molecule has 0 unspecified atom stereocenters. The van der Waals surface area contributed by atoms with Crippen LogP contribution in [0.5, 0.6) is 0 Å². The Hall–Kier alpha value is -0.710. The smallest absolute Gasteiger partial charge is 0.408 e. The normalized spacial score (nSPS) is 18.6. The van der Waals surface area contributed by atoms with Crippen LogP contribution >= 0.6 is 11.8 Å². The maximum Gasteiger partial charge on any atom is 0.408 e. The third-order valence-corrected chi connectivity index (χ3v) is 3.19. The third-order valence-electron chi connectivity index (χ3n) is 1.92. The van der Waals surface area contributed by atoms with Crippen LogP contribution in [0.3, 0.4) is 0 Å². The van der Waals surface area contributed by atoms with Gasteiger partial charge in [0.25, 0.3) is 0 Å². The number of carbonyl (C=O) groups is 1. The van der Waals surface area contributed by atoms with Gasteiger partial charge in [-0.1, -0.05) is 0 Å². The molecule has 1 atom stereocenters. The molecule has 0 aliphatic carbocycles. The Morgan fingerprint density at radius 2 is 2.25 bits per heavy atom. The van der Waals surface area contributed by atoms with Crippen LogP contribution in [-0.4, -0.2) is 35.1 Å². The van der Waals surface area contributed by atoms with Gasteiger partial charge in [0.15, 0.2) is 0 Å². The average Bonchev–Trinajstić information content (AvgIpc) is 2.16. The van der Waals surface area contributed by atoms with Crippen LogP contribution in [0.4, 0.5) is 4.79 Å². The fraction of sp³-hybridized carbons (Fsp3) is 0.818. The monoisotopic (exact) mass is 244 g/mol. The summed E-state index contributed by atoms with van der Waals surface area (Å²) in [7, 11) is 0. The molecular formula is C11H20N2O2S. The average molecular weight is 244 g/mol. The second kappa shape index (κ2) is 5.57. The summed E-state index contributed by atoms with van der Waals surface area (Å²) in [6.45, 7) is 8.35. The summed E-state index contributed by atoms with van der Waals surface area (Å²) < 4.78 is 5.18. The maximum atomic E-state index is 11.5. The Labute approximate surface area is 101 Å². The number of aliphatic imine (C=N–C) groups is 1. The number of rotatable bonds is 2. The first-order chi connectivity index (χ1) is 7.38. The van der Waals surface area contributed by atoms with E-state index in [4.69, 9.17) is 4.74 Å². The van der Waals surface area contributed by atoms with Crippen molar-refractivity contribution in [3.05, 3.63) is 0 Å². The highest BCUT2D eigenvalue weighted by Crippen LogP contribution is 2.15. The number of amides is 1. The third kappa shape index (κ3) is 4.88. The van der Waals surface area contributed by atoms with E-state index in [9.17, 15) is 4.79 Å². The molecule has 0 aromatic heterocycles. The second-order valence-electron chi connectivity index (χ2n) is 4.79. The zero-order valence-electron chi connectivity index (χ0n) is 10.4. The van der Waals surface area contributed by atoms with Crippen molar-refractivity contribution in [2.75, 3.05) is 12.3 Å². The zero-order valence-corrected chi connectivity index (χ0v) is 11.2. The highest BCUT2D eigenvalue weighted by molar-refractivity contribution is 8.14. The number of ether oxygens (including phenoxy) is 1. The molecule has 0 aromatic rings. The first-order valence-corrected chi connectivity index (χ1v) is 6.54. The number of carbonyl (C=O) groups excluding carboxylic acids is 1. The molecule has 16 heavy (non-hydrogen) atoms. The Morgan fingerprint density at radius 1 is 1.56 bits per heavy atom. The molecule has 0 radical (unpaired) electrons. The Kier molecular flexibility index (Phi) is 4.65. The molecule has 1 aliphatic rings. The van der Waals surface area contributed by atoms with Crippen molar-refractivity contribution in [3.63, 3.8) is 0 Å². The van der Waals surface area contributed by atoms with Gasteiger partial charge >= 0.3 is 6.09 Å². The summed E-state index contributed by atoms with van der Waals surface area (Å²) in [5.41, 5.74) is -0.453. The SMILES string of the molecule is C[C@H](NC(=O)OC(C)(C)C)C1=NCCCS1. The summed E-state index contributed by atoms with van der Waals surface area (Å²) in [6.07, 6.45) is 0.738. The minimum absolute atomic E-state index is 0.0554. The van der Waals surface area contributed by atoms with E-state index in [0.717, 1.165) is 23.8 Å². The molecule has 0 saturated heterocycles. The highest BCUT2D eigenvalue weighted by Gasteiger charge is 2.20. The van der Waals surface area contributed by atoms with Gasteiger partial charge in [-0.05, 0) is 34.1 Å². The molecular weight excluding hydrogens is 224 g/mol. The molecule has 0 bridgehead atoms. The van der Waals surface area contributed by atoms with E-state index in [1.165, 1.54) is 0 Å². The van der Waals surface area contributed by atoms with Crippen LogP contribution in [0.2, 0.25) is 0 Å². The van der Waals surface area contributed by atoms with Gasteiger partial charge in [-0.25, -0.2) is 4.79 Å². The van der Waals surface area contributed by atoms with Crippen LogP contribution < -0.4 is 5.32 Å². The molecule has 1 heterocycles. The molecule has 0 saturated carbocycles. The number of alkyl carbamates (subject to hydrolysis) is 1. The van der Waals surface area contributed by atoms with Gasteiger partial charge in [0, 0.05) is 12.3 Å². The predicted octanol–water partition coefficient (Wildman–Crippen LogP) is 2.44. The van der Waals surface area contributed by atoms with E-state index in [-0.39, 0.29) is 12.1 Å². The number of thioether (sulfide) groups is 1. The molecule has 0 spiro atoms. The van der Waals surface area contributed by atoms with Crippen molar-refractivity contribution in [1.29, 1.82) is 0 Å². The first kappa shape index (κ1) is 13.4. The Balaban J connectivity index is 2.41. The van der Waals surface area contributed by atoms with E-state index in [2.05, 4.69) is 10.3 Å². The lowest BCUT2D eigenvalue weighted by atomic mass is 10.2. The van der Waals surface area contributed by atoms with Gasteiger partial charge < -0.3 is 10.1 Å². The summed E-state index contributed by atoms with van der Waals surface area (Å²) in [5.74, 6) is 1.08. The topological polar surface area (TPSA) is 50.7 Å². The zero-order chi connectivity index (χ0) is 12.2. The van der Waals surface area contributed by atoms with Crippen molar-refractivity contribution in [3.8, 4) is 0 Å².